The van der Waals surface area contributed by atoms with Gasteiger partial charge in [0.2, 0.25) is 5.91 Å². The van der Waals surface area contributed by atoms with Crippen LogP contribution < -0.4 is 4.74 Å². The molecule has 146 valence electrons. The van der Waals surface area contributed by atoms with Crippen LogP contribution in [0.4, 0.5) is 0 Å². The van der Waals surface area contributed by atoms with E-state index in [-0.39, 0.29) is 11.3 Å². The number of nitrogens with zero attached hydrogens (tertiary/aromatic N) is 2. The Hall–Kier alpha value is -2.08. The first-order chi connectivity index (χ1) is 13.0. The summed E-state index contributed by atoms with van der Waals surface area (Å²) in [5.41, 5.74) is 1.02. The van der Waals surface area contributed by atoms with Crippen LogP contribution in [-0.2, 0) is 16.1 Å². The number of hydrogen-bond donors (Lipinski definition) is 1. The largest absolute Gasteiger partial charge is 0.496 e. The fourth-order valence-corrected chi connectivity index (χ4v) is 4.76. The summed E-state index contributed by atoms with van der Waals surface area (Å²) in [6.45, 7) is 2.88. The molecule has 6 heteroatoms. The number of aliphatic carboxylic acids is 1. The van der Waals surface area contributed by atoms with Gasteiger partial charge in [0, 0.05) is 37.7 Å². The van der Waals surface area contributed by atoms with Gasteiger partial charge in [0.1, 0.15) is 11.8 Å². The van der Waals surface area contributed by atoms with Crippen LogP contribution in [0, 0.1) is 11.3 Å². The number of likely N-dealkylation sites (tertiary alicyclic amines) is 2. The van der Waals surface area contributed by atoms with Crippen molar-refractivity contribution in [2.75, 3.05) is 26.7 Å². The molecule has 1 N–H and O–H groups in total. The Labute approximate surface area is 160 Å². The van der Waals surface area contributed by atoms with E-state index >= 15 is 0 Å². The van der Waals surface area contributed by atoms with Crippen molar-refractivity contribution in [1.82, 2.24) is 9.80 Å². The van der Waals surface area contributed by atoms with Crippen LogP contribution in [0.1, 0.15) is 37.7 Å². The van der Waals surface area contributed by atoms with E-state index in [0.29, 0.717) is 18.9 Å². The molecule has 2 heterocycles. The van der Waals surface area contributed by atoms with E-state index < -0.39 is 12.0 Å². The topological polar surface area (TPSA) is 70.1 Å². The van der Waals surface area contributed by atoms with E-state index in [1.54, 1.807) is 7.11 Å². The highest BCUT2D eigenvalue weighted by molar-refractivity contribution is 5.81. The van der Waals surface area contributed by atoms with Crippen molar-refractivity contribution >= 4 is 11.9 Å². The number of benzene rings is 1. The molecule has 1 aromatic carbocycles. The van der Waals surface area contributed by atoms with Gasteiger partial charge in [-0.3, -0.25) is 14.5 Å². The lowest BCUT2D eigenvalue weighted by Gasteiger charge is -2.39. The fraction of sp³-hybridized carbons (Fsp3) is 0.619. The molecule has 2 saturated heterocycles. The van der Waals surface area contributed by atoms with Crippen LogP contribution in [0.25, 0.3) is 0 Å². The Kier molecular flexibility index (Phi) is 4.84. The summed E-state index contributed by atoms with van der Waals surface area (Å²) in [4.78, 5) is 28.3. The number of carbonyl (C=O) groups is 2. The molecule has 4 rings (SSSR count). The van der Waals surface area contributed by atoms with E-state index in [1.165, 1.54) is 0 Å². The lowest BCUT2D eigenvalue weighted by molar-refractivity contribution is -0.142. The van der Waals surface area contributed by atoms with E-state index in [9.17, 15) is 14.7 Å². The Morgan fingerprint density at radius 1 is 1.22 bits per heavy atom. The first-order valence-electron chi connectivity index (χ1n) is 9.89. The number of hydrogen-bond acceptors (Lipinski definition) is 4. The predicted molar refractivity (Wildman–Crippen MR) is 100 cm³/mol. The van der Waals surface area contributed by atoms with Crippen molar-refractivity contribution in [3.05, 3.63) is 29.8 Å². The van der Waals surface area contributed by atoms with Gasteiger partial charge in [0.25, 0.3) is 0 Å². The molecule has 0 unspecified atom stereocenters. The summed E-state index contributed by atoms with van der Waals surface area (Å²) >= 11 is 0. The molecule has 3 aliphatic rings. The number of methoxy groups -OCH3 is 1. The molecule has 1 spiro atoms. The maximum absolute atomic E-state index is 12.3. The molecule has 1 saturated carbocycles. The standard InChI is InChI=1S/C21H28N2O4/c1-27-18-5-3-2-4-16(18)13-23-14-21(12-17(23)20(25)26)8-10-22(11-9-21)19(24)15-6-7-15/h2-5,15,17H,6-14H2,1H3,(H,25,26)/t17-/m1/s1. The van der Waals surface area contributed by atoms with Crippen molar-refractivity contribution in [2.45, 2.75) is 44.7 Å². The van der Waals surface area contributed by atoms with E-state index in [0.717, 1.165) is 56.6 Å². The van der Waals surface area contributed by atoms with Gasteiger partial charge in [-0.25, -0.2) is 0 Å². The number of carboxylic acids is 1. The van der Waals surface area contributed by atoms with E-state index in [1.807, 2.05) is 29.2 Å². The van der Waals surface area contributed by atoms with Crippen LogP contribution in [0.2, 0.25) is 0 Å². The third-order valence-electron chi connectivity index (χ3n) is 6.52. The first-order valence-corrected chi connectivity index (χ1v) is 9.89. The first kappa shape index (κ1) is 18.3. The van der Waals surface area contributed by atoms with E-state index in [4.69, 9.17) is 4.74 Å². The molecule has 2 aliphatic heterocycles. The van der Waals surface area contributed by atoms with Crippen LogP contribution in [-0.4, -0.2) is 59.6 Å². The molecule has 1 atom stereocenters. The molecule has 0 aromatic heterocycles. The normalized spacial score (nSPS) is 24.9. The van der Waals surface area contributed by atoms with Crippen molar-refractivity contribution < 1.29 is 19.4 Å². The van der Waals surface area contributed by atoms with E-state index in [2.05, 4.69) is 4.90 Å². The highest BCUT2D eigenvalue weighted by Gasteiger charge is 2.49. The third-order valence-corrected chi connectivity index (χ3v) is 6.52. The van der Waals surface area contributed by atoms with Gasteiger partial charge >= 0.3 is 5.97 Å². The summed E-state index contributed by atoms with van der Waals surface area (Å²) in [7, 11) is 1.64. The number of amides is 1. The SMILES string of the molecule is COc1ccccc1CN1CC2(CCN(C(=O)C3CC3)CC2)C[C@@H]1C(=O)O. The Morgan fingerprint density at radius 3 is 2.56 bits per heavy atom. The molecular formula is C21H28N2O4. The van der Waals surface area contributed by atoms with Gasteiger partial charge in [0.05, 0.1) is 7.11 Å². The van der Waals surface area contributed by atoms with Gasteiger partial charge in [-0.15, -0.1) is 0 Å². The summed E-state index contributed by atoms with van der Waals surface area (Å²) in [6.07, 6.45) is 4.54. The molecule has 1 aliphatic carbocycles. The fourth-order valence-electron chi connectivity index (χ4n) is 4.76. The summed E-state index contributed by atoms with van der Waals surface area (Å²) < 4.78 is 5.44. The molecule has 1 aromatic rings. The van der Waals surface area contributed by atoms with Crippen molar-refractivity contribution in [3.63, 3.8) is 0 Å². The predicted octanol–water partition coefficient (Wildman–Crippen LogP) is 2.37. The summed E-state index contributed by atoms with van der Waals surface area (Å²) in [5, 5.41) is 9.79. The highest BCUT2D eigenvalue weighted by Crippen LogP contribution is 2.45. The molecular weight excluding hydrogens is 344 g/mol. The molecule has 3 fully saturated rings. The lowest BCUT2D eigenvalue weighted by atomic mass is 9.76. The number of carboxylic acid groups (broad SMARTS) is 1. The minimum atomic E-state index is -0.752. The molecule has 0 radical (unpaired) electrons. The smallest absolute Gasteiger partial charge is 0.320 e. The van der Waals surface area contributed by atoms with Gasteiger partial charge in [0.15, 0.2) is 0 Å². The average molecular weight is 372 g/mol. The number of piperidine rings is 1. The molecule has 6 nitrogen and oxygen atoms in total. The second-order valence-corrected chi connectivity index (χ2v) is 8.37. The number of carbonyl (C=O) groups excluding carboxylic acids is 1. The molecule has 1 amide bonds. The van der Waals surface area contributed by atoms with Crippen LogP contribution in [0.5, 0.6) is 5.75 Å². The van der Waals surface area contributed by atoms with Crippen molar-refractivity contribution in [2.24, 2.45) is 11.3 Å². The monoisotopic (exact) mass is 372 g/mol. The number of rotatable bonds is 5. The minimum Gasteiger partial charge on any atom is -0.496 e. The molecule has 27 heavy (non-hydrogen) atoms. The van der Waals surface area contributed by atoms with Crippen molar-refractivity contribution in [3.8, 4) is 5.75 Å². The second-order valence-electron chi connectivity index (χ2n) is 8.37. The lowest BCUT2D eigenvalue weighted by Crippen LogP contribution is -2.44. The van der Waals surface area contributed by atoms with Gasteiger partial charge in [-0.05, 0) is 43.6 Å². The maximum atomic E-state index is 12.3. The van der Waals surface area contributed by atoms with Crippen LogP contribution in [0.15, 0.2) is 24.3 Å². The van der Waals surface area contributed by atoms with Gasteiger partial charge < -0.3 is 14.7 Å². The average Bonchev–Trinajstić information content (AvgIpc) is 3.46. The Balaban J connectivity index is 1.45. The zero-order valence-corrected chi connectivity index (χ0v) is 15.9. The van der Waals surface area contributed by atoms with Gasteiger partial charge in [-0.2, -0.15) is 0 Å². The Morgan fingerprint density at radius 2 is 1.93 bits per heavy atom. The number of para-hydroxylation sites is 1. The quantitative estimate of drug-likeness (QED) is 0.859. The zero-order valence-electron chi connectivity index (χ0n) is 15.9. The minimum absolute atomic E-state index is 0.00536. The maximum Gasteiger partial charge on any atom is 0.320 e. The van der Waals surface area contributed by atoms with Crippen LogP contribution in [0.3, 0.4) is 0 Å². The van der Waals surface area contributed by atoms with Crippen LogP contribution >= 0.6 is 0 Å². The summed E-state index contributed by atoms with van der Waals surface area (Å²) in [6, 6.07) is 7.33. The summed E-state index contributed by atoms with van der Waals surface area (Å²) in [5.74, 6) is 0.616. The number of ether oxygens (including phenoxy) is 1. The van der Waals surface area contributed by atoms with Crippen molar-refractivity contribution in [1.29, 1.82) is 0 Å². The Bertz CT molecular complexity index is 723. The third kappa shape index (κ3) is 3.68. The second kappa shape index (κ2) is 7.15. The molecule has 0 bridgehead atoms. The zero-order chi connectivity index (χ0) is 19.0. The highest BCUT2D eigenvalue weighted by atomic mass is 16.5. The van der Waals surface area contributed by atoms with Gasteiger partial charge in [-0.1, -0.05) is 18.2 Å².